The number of aryl methyl sites for hydroxylation is 1. The Balaban J connectivity index is 2.28. The number of rotatable bonds is 3. The minimum absolute atomic E-state index is 0.247. The third-order valence-corrected chi connectivity index (χ3v) is 2.83. The van der Waals surface area contributed by atoms with Crippen LogP contribution in [0.25, 0.3) is 0 Å². The Labute approximate surface area is 99.0 Å². The average Bonchev–Trinajstić information content (AvgIpc) is 2.77. The van der Waals surface area contributed by atoms with Gasteiger partial charge in [0.15, 0.2) is 5.82 Å². The maximum Gasteiger partial charge on any atom is 0.252 e. The Morgan fingerprint density at radius 1 is 1.53 bits per heavy atom. The van der Waals surface area contributed by atoms with Crippen molar-refractivity contribution < 1.29 is 14.1 Å². The second-order valence-electron chi connectivity index (χ2n) is 4.03. The predicted octanol–water partition coefficient (Wildman–Crippen LogP) is 0.686. The summed E-state index contributed by atoms with van der Waals surface area (Å²) >= 11 is 0. The zero-order chi connectivity index (χ0) is 12.3. The summed E-state index contributed by atoms with van der Waals surface area (Å²) in [6.45, 7) is 6.30. The standard InChI is InChI=1S/C11H15N3O3/c1-3-9(15)13-11(4-6-16-7-5-11)10-12-8(2)14-17-10/h3H,1,4-7H2,2H3,(H,13,15). The molecule has 2 heterocycles. The molecule has 2 rings (SSSR count). The maximum absolute atomic E-state index is 11.5. The summed E-state index contributed by atoms with van der Waals surface area (Å²) in [7, 11) is 0. The Kier molecular flexibility index (Phi) is 3.23. The van der Waals surface area contributed by atoms with Gasteiger partial charge in [-0.25, -0.2) is 0 Å². The van der Waals surface area contributed by atoms with E-state index in [0.29, 0.717) is 37.8 Å². The summed E-state index contributed by atoms with van der Waals surface area (Å²) in [4.78, 5) is 15.7. The number of amides is 1. The van der Waals surface area contributed by atoms with Crippen LogP contribution < -0.4 is 5.32 Å². The largest absolute Gasteiger partial charge is 0.381 e. The second-order valence-corrected chi connectivity index (χ2v) is 4.03. The molecule has 0 aliphatic carbocycles. The van der Waals surface area contributed by atoms with Crippen LogP contribution in [0.5, 0.6) is 0 Å². The fraction of sp³-hybridized carbons (Fsp3) is 0.545. The highest BCUT2D eigenvalue weighted by molar-refractivity contribution is 5.87. The van der Waals surface area contributed by atoms with Gasteiger partial charge >= 0.3 is 0 Å². The third kappa shape index (κ3) is 2.36. The number of ether oxygens (including phenoxy) is 1. The fourth-order valence-electron chi connectivity index (χ4n) is 1.89. The van der Waals surface area contributed by atoms with E-state index in [1.165, 1.54) is 6.08 Å². The van der Waals surface area contributed by atoms with Crippen LogP contribution in [0.2, 0.25) is 0 Å². The average molecular weight is 237 g/mol. The minimum atomic E-state index is -0.620. The highest BCUT2D eigenvalue weighted by Crippen LogP contribution is 2.30. The van der Waals surface area contributed by atoms with E-state index >= 15 is 0 Å². The molecule has 1 fully saturated rings. The monoisotopic (exact) mass is 237 g/mol. The molecule has 6 heteroatoms. The molecule has 17 heavy (non-hydrogen) atoms. The van der Waals surface area contributed by atoms with Gasteiger partial charge in [-0.2, -0.15) is 4.98 Å². The lowest BCUT2D eigenvalue weighted by atomic mass is 9.89. The van der Waals surface area contributed by atoms with Crippen LogP contribution in [0.3, 0.4) is 0 Å². The molecule has 0 bridgehead atoms. The van der Waals surface area contributed by atoms with Crippen molar-refractivity contribution in [1.29, 1.82) is 0 Å². The molecular formula is C11H15N3O3. The normalized spacial score (nSPS) is 18.6. The lowest BCUT2D eigenvalue weighted by Gasteiger charge is -2.34. The highest BCUT2D eigenvalue weighted by atomic mass is 16.5. The number of hydrogen-bond donors (Lipinski definition) is 1. The SMILES string of the molecule is C=CC(=O)NC1(c2nc(C)no2)CCOCC1. The van der Waals surface area contributed by atoms with Crippen LogP contribution in [0.1, 0.15) is 24.6 Å². The molecule has 1 aromatic rings. The van der Waals surface area contributed by atoms with Crippen molar-refractivity contribution in [3.05, 3.63) is 24.4 Å². The van der Waals surface area contributed by atoms with E-state index in [0.717, 1.165) is 0 Å². The summed E-state index contributed by atoms with van der Waals surface area (Å²) in [6, 6.07) is 0. The van der Waals surface area contributed by atoms with Crippen molar-refractivity contribution >= 4 is 5.91 Å². The van der Waals surface area contributed by atoms with Crippen molar-refractivity contribution in [2.75, 3.05) is 13.2 Å². The van der Waals surface area contributed by atoms with Crippen LogP contribution in [0.15, 0.2) is 17.2 Å². The molecule has 1 aliphatic heterocycles. The van der Waals surface area contributed by atoms with Crippen molar-refractivity contribution in [2.45, 2.75) is 25.3 Å². The predicted molar refractivity (Wildman–Crippen MR) is 59.1 cm³/mol. The van der Waals surface area contributed by atoms with Crippen molar-refractivity contribution in [3.63, 3.8) is 0 Å². The molecule has 0 atom stereocenters. The van der Waals surface area contributed by atoms with E-state index in [2.05, 4.69) is 22.0 Å². The van der Waals surface area contributed by atoms with E-state index in [1.807, 2.05) is 0 Å². The number of aromatic nitrogens is 2. The van der Waals surface area contributed by atoms with Crippen molar-refractivity contribution in [3.8, 4) is 0 Å². The summed E-state index contributed by atoms with van der Waals surface area (Å²) < 4.78 is 10.5. The molecule has 0 aromatic carbocycles. The smallest absolute Gasteiger partial charge is 0.252 e. The van der Waals surface area contributed by atoms with Gasteiger partial charge in [0.2, 0.25) is 5.91 Å². The van der Waals surface area contributed by atoms with Gasteiger partial charge in [0.1, 0.15) is 5.54 Å². The fourth-order valence-corrected chi connectivity index (χ4v) is 1.89. The number of nitrogens with zero attached hydrogens (tertiary/aromatic N) is 2. The Morgan fingerprint density at radius 2 is 2.24 bits per heavy atom. The van der Waals surface area contributed by atoms with Gasteiger partial charge in [-0.15, -0.1) is 0 Å². The van der Waals surface area contributed by atoms with Crippen LogP contribution in [0.4, 0.5) is 0 Å². The second kappa shape index (κ2) is 4.67. The summed E-state index contributed by atoms with van der Waals surface area (Å²) in [5, 5.41) is 6.64. The lowest BCUT2D eigenvalue weighted by molar-refractivity contribution is -0.120. The van der Waals surface area contributed by atoms with Gasteiger partial charge in [0.05, 0.1) is 0 Å². The highest BCUT2D eigenvalue weighted by Gasteiger charge is 2.40. The molecular weight excluding hydrogens is 222 g/mol. The van der Waals surface area contributed by atoms with Crippen LogP contribution >= 0.6 is 0 Å². The first-order valence-corrected chi connectivity index (χ1v) is 5.49. The Morgan fingerprint density at radius 3 is 2.76 bits per heavy atom. The molecule has 1 N–H and O–H groups in total. The molecule has 1 saturated heterocycles. The Bertz CT molecular complexity index is 421. The zero-order valence-electron chi connectivity index (χ0n) is 9.73. The zero-order valence-corrected chi connectivity index (χ0v) is 9.73. The number of carbonyl (C=O) groups is 1. The third-order valence-electron chi connectivity index (χ3n) is 2.83. The molecule has 0 unspecified atom stereocenters. The van der Waals surface area contributed by atoms with Gasteiger partial charge in [0, 0.05) is 26.1 Å². The van der Waals surface area contributed by atoms with E-state index in [9.17, 15) is 4.79 Å². The van der Waals surface area contributed by atoms with E-state index in [4.69, 9.17) is 9.26 Å². The van der Waals surface area contributed by atoms with Gasteiger partial charge in [-0.3, -0.25) is 4.79 Å². The first kappa shape index (κ1) is 11.8. The van der Waals surface area contributed by atoms with Crippen LogP contribution in [0, 0.1) is 6.92 Å². The first-order chi connectivity index (χ1) is 8.16. The minimum Gasteiger partial charge on any atom is -0.381 e. The van der Waals surface area contributed by atoms with E-state index < -0.39 is 5.54 Å². The van der Waals surface area contributed by atoms with Gasteiger partial charge in [0.25, 0.3) is 5.89 Å². The quantitative estimate of drug-likeness (QED) is 0.782. The maximum atomic E-state index is 11.5. The molecule has 1 aliphatic rings. The van der Waals surface area contributed by atoms with Crippen molar-refractivity contribution in [1.82, 2.24) is 15.5 Å². The summed E-state index contributed by atoms with van der Waals surface area (Å²) in [6.07, 6.45) is 2.48. The van der Waals surface area contributed by atoms with Crippen molar-refractivity contribution in [2.24, 2.45) is 0 Å². The summed E-state index contributed by atoms with van der Waals surface area (Å²) in [5.41, 5.74) is -0.620. The number of hydrogen-bond acceptors (Lipinski definition) is 5. The van der Waals surface area contributed by atoms with Gasteiger partial charge in [-0.1, -0.05) is 11.7 Å². The number of carbonyl (C=O) groups excluding carboxylic acids is 1. The van der Waals surface area contributed by atoms with E-state index in [-0.39, 0.29) is 5.91 Å². The molecule has 1 amide bonds. The molecule has 6 nitrogen and oxygen atoms in total. The Hall–Kier alpha value is -1.69. The first-order valence-electron chi connectivity index (χ1n) is 5.49. The van der Waals surface area contributed by atoms with E-state index in [1.54, 1.807) is 6.92 Å². The van der Waals surface area contributed by atoms with Crippen LogP contribution in [-0.2, 0) is 15.1 Å². The molecule has 0 spiro atoms. The number of nitrogens with one attached hydrogen (secondary N) is 1. The molecule has 0 saturated carbocycles. The topological polar surface area (TPSA) is 77.3 Å². The summed E-state index contributed by atoms with van der Waals surface area (Å²) in [5.74, 6) is 0.745. The molecule has 1 aromatic heterocycles. The molecule has 0 radical (unpaired) electrons. The van der Waals surface area contributed by atoms with Gasteiger partial charge < -0.3 is 14.6 Å². The lowest BCUT2D eigenvalue weighted by Crippen LogP contribution is -2.49. The molecule has 92 valence electrons. The van der Waals surface area contributed by atoms with Gasteiger partial charge in [-0.05, 0) is 13.0 Å². The van der Waals surface area contributed by atoms with Crippen LogP contribution in [-0.4, -0.2) is 29.3 Å².